The predicted molar refractivity (Wildman–Crippen MR) is 148 cm³/mol. The zero-order valence-electron chi connectivity index (χ0n) is 23.4. The van der Waals surface area contributed by atoms with Gasteiger partial charge in [-0.25, -0.2) is 9.48 Å². The molecule has 2 aromatic carbocycles. The van der Waals surface area contributed by atoms with E-state index in [2.05, 4.69) is 26.2 Å². The van der Waals surface area contributed by atoms with E-state index >= 15 is 0 Å². The van der Waals surface area contributed by atoms with Crippen molar-refractivity contribution < 1.29 is 33.7 Å². The van der Waals surface area contributed by atoms with E-state index in [-0.39, 0.29) is 62.4 Å². The van der Waals surface area contributed by atoms with Crippen molar-refractivity contribution in [3.05, 3.63) is 48.3 Å². The number of amides is 4. The first kappa shape index (κ1) is 28.6. The molecular formula is C27H32N8O7. The number of aromatic nitrogens is 4. The molecule has 0 saturated heterocycles. The van der Waals surface area contributed by atoms with E-state index in [1.165, 1.54) is 22.0 Å². The number of benzene rings is 2. The Morgan fingerprint density at radius 2 is 1.86 bits per heavy atom. The fourth-order valence-corrected chi connectivity index (χ4v) is 4.66. The summed E-state index contributed by atoms with van der Waals surface area (Å²) in [5.41, 5.74) is 1.15. The number of anilines is 2. The third kappa shape index (κ3) is 6.35. The van der Waals surface area contributed by atoms with Gasteiger partial charge in [-0.15, -0.1) is 5.10 Å². The van der Waals surface area contributed by atoms with Gasteiger partial charge in [-0.1, -0.05) is 6.92 Å². The lowest BCUT2D eigenvalue weighted by molar-refractivity contribution is -0.116. The fourth-order valence-electron chi connectivity index (χ4n) is 4.66. The summed E-state index contributed by atoms with van der Waals surface area (Å²) in [6.07, 6.45) is 0.817. The van der Waals surface area contributed by atoms with Gasteiger partial charge >= 0.3 is 6.03 Å². The number of carbonyl (C=O) groups excluding carboxylic acids is 3. The first-order chi connectivity index (χ1) is 20.2. The fraction of sp³-hybridized carbons (Fsp3) is 0.407. The SMILES string of the molecule is C[C@H](CO)N1C[C@H](C)[C@@H](CN(C)C(=O)Nc2ccc3c(c2)OCO3)Oc2ccc(NC(=O)Cn3cnnn3)cc2C1=O. The van der Waals surface area contributed by atoms with Crippen LogP contribution in [-0.4, -0.2) is 98.6 Å². The molecule has 0 bridgehead atoms. The van der Waals surface area contributed by atoms with Crippen molar-refractivity contribution in [2.24, 2.45) is 5.92 Å². The quantitative estimate of drug-likeness (QED) is 0.354. The number of nitrogens with zero attached hydrogens (tertiary/aromatic N) is 6. The lowest BCUT2D eigenvalue weighted by atomic mass is 9.99. The molecule has 2 aliphatic rings. The Morgan fingerprint density at radius 1 is 1.12 bits per heavy atom. The number of aliphatic hydroxyl groups excluding tert-OH is 1. The smallest absolute Gasteiger partial charge is 0.321 e. The Kier molecular flexibility index (Phi) is 8.38. The van der Waals surface area contributed by atoms with Crippen LogP contribution in [0.15, 0.2) is 42.7 Å². The molecule has 0 radical (unpaired) electrons. The molecule has 15 nitrogen and oxygen atoms in total. The van der Waals surface area contributed by atoms with Crippen LogP contribution in [0.3, 0.4) is 0 Å². The Bertz CT molecular complexity index is 1450. The first-order valence-corrected chi connectivity index (χ1v) is 13.4. The number of ether oxygens (including phenoxy) is 3. The summed E-state index contributed by atoms with van der Waals surface area (Å²) >= 11 is 0. The molecule has 3 atom stereocenters. The van der Waals surface area contributed by atoms with E-state index in [1.807, 2.05) is 6.92 Å². The summed E-state index contributed by atoms with van der Waals surface area (Å²) in [6.45, 7) is 3.95. The number of hydrogen-bond acceptors (Lipinski definition) is 10. The summed E-state index contributed by atoms with van der Waals surface area (Å²) < 4.78 is 18.3. The second-order valence-corrected chi connectivity index (χ2v) is 10.3. The zero-order valence-corrected chi connectivity index (χ0v) is 23.4. The molecular weight excluding hydrogens is 548 g/mol. The van der Waals surface area contributed by atoms with Crippen LogP contribution in [0.2, 0.25) is 0 Å². The highest BCUT2D eigenvalue weighted by molar-refractivity contribution is 6.00. The number of carbonyl (C=O) groups is 3. The van der Waals surface area contributed by atoms with Crippen molar-refractivity contribution >= 4 is 29.2 Å². The maximum absolute atomic E-state index is 13.6. The molecule has 2 aliphatic heterocycles. The summed E-state index contributed by atoms with van der Waals surface area (Å²) in [5, 5.41) is 26.2. The number of hydrogen-bond donors (Lipinski definition) is 3. The van der Waals surface area contributed by atoms with E-state index in [1.54, 1.807) is 49.2 Å². The minimum absolute atomic E-state index is 0.109. The number of rotatable bonds is 8. The Balaban J connectivity index is 1.33. The van der Waals surface area contributed by atoms with Gasteiger partial charge in [0.15, 0.2) is 11.5 Å². The third-order valence-electron chi connectivity index (χ3n) is 7.07. The second-order valence-electron chi connectivity index (χ2n) is 10.3. The maximum Gasteiger partial charge on any atom is 0.321 e. The van der Waals surface area contributed by atoms with Crippen molar-refractivity contribution in [3.63, 3.8) is 0 Å². The van der Waals surface area contributed by atoms with Crippen molar-refractivity contribution in [2.45, 2.75) is 32.5 Å². The van der Waals surface area contributed by atoms with Crippen LogP contribution in [-0.2, 0) is 11.3 Å². The molecule has 3 aromatic rings. The van der Waals surface area contributed by atoms with E-state index in [0.29, 0.717) is 28.6 Å². The van der Waals surface area contributed by atoms with Gasteiger partial charge in [0.25, 0.3) is 5.91 Å². The zero-order chi connectivity index (χ0) is 29.8. The minimum atomic E-state index is -0.502. The van der Waals surface area contributed by atoms with Crippen LogP contribution in [0.5, 0.6) is 17.2 Å². The highest BCUT2D eigenvalue weighted by Gasteiger charge is 2.34. The van der Waals surface area contributed by atoms with Gasteiger partial charge in [0.2, 0.25) is 12.7 Å². The van der Waals surface area contributed by atoms with Crippen molar-refractivity contribution in [2.75, 3.05) is 44.2 Å². The molecule has 4 amide bonds. The summed E-state index contributed by atoms with van der Waals surface area (Å²) in [5.74, 6) is 0.536. The van der Waals surface area contributed by atoms with Crippen LogP contribution in [0.25, 0.3) is 0 Å². The van der Waals surface area contributed by atoms with Gasteiger partial charge in [0.1, 0.15) is 24.7 Å². The van der Waals surface area contributed by atoms with Crippen LogP contribution in [0, 0.1) is 5.92 Å². The molecule has 0 unspecified atom stereocenters. The van der Waals surface area contributed by atoms with Gasteiger partial charge in [0.05, 0.1) is 24.8 Å². The van der Waals surface area contributed by atoms with Gasteiger partial charge in [-0.3, -0.25) is 9.59 Å². The molecule has 222 valence electrons. The largest absolute Gasteiger partial charge is 0.487 e. The van der Waals surface area contributed by atoms with Crippen LogP contribution in [0.4, 0.5) is 16.2 Å². The highest BCUT2D eigenvalue weighted by atomic mass is 16.7. The molecule has 5 rings (SSSR count). The first-order valence-electron chi connectivity index (χ1n) is 13.4. The van der Waals surface area contributed by atoms with E-state index < -0.39 is 12.1 Å². The lowest BCUT2D eigenvalue weighted by Gasteiger charge is -2.38. The number of urea groups is 1. The second kappa shape index (κ2) is 12.3. The summed E-state index contributed by atoms with van der Waals surface area (Å²) in [6, 6.07) is 9.09. The summed E-state index contributed by atoms with van der Waals surface area (Å²) in [4.78, 5) is 42.3. The number of aliphatic hydroxyl groups is 1. The van der Waals surface area contributed by atoms with Crippen molar-refractivity contribution in [1.29, 1.82) is 0 Å². The van der Waals surface area contributed by atoms with Crippen molar-refractivity contribution in [3.8, 4) is 17.2 Å². The van der Waals surface area contributed by atoms with E-state index in [4.69, 9.17) is 14.2 Å². The lowest BCUT2D eigenvalue weighted by Crippen LogP contribution is -2.50. The van der Waals surface area contributed by atoms with Gasteiger partial charge in [-0.05, 0) is 47.7 Å². The normalized spacial score (nSPS) is 18.3. The molecule has 0 fully saturated rings. The van der Waals surface area contributed by atoms with Gasteiger partial charge in [-0.2, -0.15) is 0 Å². The third-order valence-corrected chi connectivity index (χ3v) is 7.07. The van der Waals surface area contributed by atoms with Gasteiger partial charge in [0, 0.05) is 37.0 Å². The number of fused-ring (bicyclic) bond motifs is 2. The molecule has 42 heavy (non-hydrogen) atoms. The molecule has 0 spiro atoms. The van der Waals surface area contributed by atoms with Crippen LogP contribution < -0.4 is 24.8 Å². The number of tetrazole rings is 1. The Morgan fingerprint density at radius 3 is 2.60 bits per heavy atom. The van der Waals surface area contributed by atoms with Crippen LogP contribution in [0.1, 0.15) is 24.2 Å². The van der Waals surface area contributed by atoms with E-state index in [9.17, 15) is 19.5 Å². The van der Waals surface area contributed by atoms with Gasteiger partial charge < -0.3 is 39.8 Å². The van der Waals surface area contributed by atoms with E-state index in [0.717, 1.165) is 0 Å². The molecule has 15 heteroatoms. The highest BCUT2D eigenvalue weighted by Crippen LogP contribution is 2.34. The molecule has 3 heterocycles. The molecule has 3 N–H and O–H groups in total. The standard InChI is InChI=1S/C27H32N8O7/c1-16-10-35(17(2)13-36)26(38)20-8-18(29-25(37)12-34-14-28-31-32-34)4-6-21(20)42-24(16)11-33(3)27(39)30-19-5-7-22-23(9-19)41-15-40-22/h4-9,14,16-17,24,36H,10-13,15H2,1-3H3,(H,29,37)(H,30,39)/t16-,17+,24+/m0/s1. The molecule has 0 saturated carbocycles. The summed E-state index contributed by atoms with van der Waals surface area (Å²) in [7, 11) is 1.65. The Hall–Kier alpha value is -4.92. The molecule has 1 aromatic heterocycles. The Labute approximate surface area is 241 Å². The van der Waals surface area contributed by atoms with Crippen LogP contribution >= 0.6 is 0 Å². The predicted octanol–water partition coefficient (Wildman–Crippen LogP) is 1.42. The maximum atomic E-state index is 13.6. The average molecular weight is 581 g/mol. The minimum Gasteiger partial charge on any atom is -0.487 e. The van der Waals surface area contributed by atoms with Crippen molar-refractivity contribution in [1.82, 2.24) is 30.0 Å². The monoisotopic (exact) mass is 580 g/mol. The molecule has 0 aliphatic carbocycles. The number of nitrogens with one attached hydrogen (secondary N) is 2. The topological polar surface area (TPSA) is 173 Å². The number of likely N-dealkylation sites (N-methyl/N-ethyl adjacent to an activating group) is 1. The average Bonchev–Trinajstić information content (AvgIpc) is 3.66.